The molecule has 0 amide bonds. The summed E-state index contributed by atoms with van der Waals surface area (Å²) in [6.07, 6.45) is 0. The van der Waals surface area contributed by atoms with Gasteiger partial charge in [0.15, 0.2) is 0 Å². The van der Waals surface area contributed by atoms with Crippen LogP contribution >= 0.6 is 0 Å². The van der Waals surface area contributed by atoms with Crippen LogP contribution in [0.5, 0.6) is 0 Å². The summed E-state index contributed by atoms with van der Waals surface area (Å²) in [6.45, 7) is 0. The Balaban J connectivity index is 1.03. The number of nitrogens with zero attached hydrogens (tertiary/aromatic N) is 1. The van der Waals surface area contributed by atoms with Gasteiger partial charge < -0.3 is 13.7 Å². The Hall–Kier alpha value is -8.14. The molecule has 2 heterocycles. The standard InChI is InChI=1S/C58H37NO2/c1-4-14-38(15-5-1)40-26-28-42(29-27-40)43-32-35-54-51(36-43)49-23-12-22-48(57(49)60-54)50-37-52-56-53(24-13-25-55(56)61-58(52)47-21-11-10-20-46(47)50)59(44-18-8-3-9-19-44)45-33-30-41(31-34-45)39-16-6-2-7-17-39/h1-37H. The molecule has 0 atom stereocenters. The van der Waals surface area contributed by atoms with Gasteiger partial charge in [0.25, 0.3) is 0 Å². The maximum atomic E-state index is 6.87. The lowest BCUT2D eigenvalue weighted by atomic mass is 9.93. The fraction of sp³-hybridized carbons (Fsp3) is 0. The van der Waals surface area contributed by atoms with Crippen molar-refractivity contribution >= 4 is 71.7 Å². The van der Waals surface area contributed by atoms with E-state index < -0.39 is 0 Å². The van der Waals surface area contributed by atoms with Gasteiger partial charge in [-0.15, -0.1) is 0 Å². The summed E-state index contributed by atoms with van der Waals surface area (Å²) in [7, 11) is 0. The number of furan rings is 2. The van der Waals surface area contributed by atoms with Crippen LogP contribution in [0.25, 0.3) is 99.2 Å². The van der Waals surface area contributed by atoms with Crippen LogP contribution in [0.1, 0.15) is 0 Å². The second-order valence-electron chi connectivity index (χ2n) is 15.6. The van der Waals surface area contributed by atoms with Crippen LogP contribution in [0.4, 0.5) is 17.1 Å². The third-order valence-electron chi connectivity index (χ3n) is 12.1. The number of rotatable bonds is 7. The molecule has 12 aromatic rings. The van der Waals surface area contributed by atoms with E-state index in [1.807, 2.05) is 0 Å². The Kier molecular flexibility index (Phi) is 8.17. The summed E-state index contributed by atoms with van der Waals surface area (Å²) in [5.74, 6) is 0. The topological polar surface area (TPSA) is 29.5 Å². The van der Waals surface area contributed by atoms with Crippen molar-refractivity contribution in [3.8, 4) is 44.5 Å². The number of anilines is 3. The number of hydrogen-bond acceptors (Lipinski definition) is 3. The maximum absolute atomic E-state index is 6.87. The van der Waals surface area contributed by atoms with Crippen molar-refractivity contribution in [2.45, 2.75) is 0 Å². The Bertz CT molecular complexity index is 3550. The molecule has 0 saturated heterocycles. The van der Waals surface area contributed by atoms with Crippen molar-refractivity contribution in [2.75, 3.05) is 4.90 Å². The molecule has 0 radical (unpaired) electrons. The summed E-state index contributed by atoms with van der Waals surface area (Å²) < 4.78 is 13.7. The molecule has 0 unspecified atom stereocenters. The molecule has 10 aromatic carbocycles. The number of hydrogen-bond donors (Lipinski definition) is 0. The zero-order chi connectivity index (χ0) is 40.3. The van der Waals surface area contributed by atoms with Crippen LogP contribution in [0.15, 0.2) is 233 Å². The van der Waals surface area contributed by atoms with Crippen molar-refractivity contribution in [3.05, 3.63) is 224 Å². The molecule has 0 bridgehead atoms. The van der Waals surface area contributed by atoms with E-state index in [-0.39, 0.29) is 0 Å². The van der Waals surface area contributed by atoms with E-state index >= 15 is 0 Å². The number of para-hydroxylation sites is 2. The highest BCUT2D eigenvalue weighted by atomic mass is 16.3. The van der Waals surface area contributed by atoms with Gasteiger partial charge in [-0.3, -0.25) is 0 Å². The second-order valence-corrected chi connectivity index (χ2v) is 15.6. The average molecular weight is 780 g/mol. The summed E-state index contributed by atoms with van der Waals surface area (Å²) in [6, 6.07) is 79.6. The van der Waals surface area contributed by atoms with Gasteiger partial charge in [-0.25, -0.2) is 0 Å². The summed E-state index contributed by atoms with van der Waals surface area (Å²) in [5, 5.41) is 6.46. The highest BCUT2D eigenvalue weighted by Crippen LogP contribution is 2.48. The summed E-state index contributed by atoms with van der Waals surface area (Å²) in [4.78, 5) is 2.34. The lowest BCUT2D eigenvalue weighted by molar-refractivity contribution is 0.670. The van der Waals surface area contributed by atoms with Gasteiger partial charge >= 0.3 is 0 Å². The third-order valence-corrected chi connectivity index (χ3v) is 12.1. The Morgan fingerprint density at radius 1 is 0.279 bits per heavy atom. The molecule has 286 valence electrons. The molecular formula is C58H37NO2. The van der Waals surface area contributed by atoms with Crippen molar-refractivity contribution in [1.29, 1.82) is 0 Å². The highest BCUT2D eigenvalue weighted by molar-refractivity contribution is 6.24. The third kappa shape index (κ3) is 5.90. The van der Waals surface area contributed by atoms with Gasteiger partial charge in [0.2, 0.25) is 0 Å². The lowest BCUT2D eigenvalue weighted by Crippen LogP contribution is -2.10. The molecule has 0 N–H and O–H groups in total. The van der Waals surface area contributed by atoms with Crippen molar-refractivity contribution in [3.63, 3.8) is 0 Å². The summed E-state index contributed by atoms with van der Waals surface area (Å²) >= 11 is 0. The van der Waals surface area contributed by atoms with Crippen molar-refractivity contribution in [2.24, 2.45) is 0 Å². The fourth-order valence-corrected chi connectivity index (χ4v) is 9.15. The van der Waals surface area contributed by atoms with Crippen LogP contribution in [-0.2, 0) is 0 Å². The first-order valence-electron chi connectivity index (χ1n) is 20.7. The molecule has 2 aromatic heterocycles. The van der Waals surface area contributed by atoms with Gasteiger partial charge in [-0.1, -0.05) is 170 Å². The minimum atomic E-state index is 0.836. The van der Waals surface area contributed by atoms with E-state index in [1.165, 1.54) is 27.8 Å². The first kappa shape index (κ1) is 34.9. The van der Waals surface area contributed by atoms with Gasteiger partial charge in [0.05, 0.1) is 11.1 Å². The molecule has 12 rings (SSSR count). The van der Waals surface area contributed by atoms with Gasteiger partial charge in [-0.2, -0.15) is 0 Å². The number of benzene rings is 10. The predicted molar refractivity (Wildman–Crippen MR) is 255 cm³/mol. The quantitative estimate of drug-likeness (QED) is 0.161. The van der Waals surface area contributed by atoms with Gasteiger partial charge in [0.1, 0.15) is 22.3 Å². The van der Waals surface area contributed by atoms with Gasteiger partial charge in [-0.05, 0) is 98.9 Å². The smallest absolute Gasteiger partial charge is 0.143 e. The van der Waals surface area contributed by atoms with E-state index in [1.54, 1.807) is 0 Å². The fourth-order valence-electron chi connectivity index (χ4n) is 9.15. The lowest BCUT2D eigenvalue weighted by Gasteiger charge is -2.26. The molecule has 0 fully saturated rings. The molecule has 3 heteroatoms. The van der Waals surface area contributed by atoms with Crippen LogP contribution in [-0.4, -0.2) is 0 Å². The Morgan fingerprint density at radius 3 is 1.49 bits per heavy atom. The first-order chi connectivity index (χ1) is 30.2. The van der Waals surface area contributed by atoms with Crippen molar-refractivity contribution in [1.82, 2.24) is 0 Å². The van der Waals surface area contributed by atoms with E-state index in [0.29, 0.717) is 0 Å². The highest BCUT2D eigenvalue weighted by Gasteiger charge is 2.23. The summed E-state index contributed by atoms with van der Waals surface area (Å²) in [5.41, 5.74) is 15.9. The van der Waals surface area contributed by atoms with Crippen LogP contribution in [0, 0.1) is 0 Å². The zero-order valence-electron chi connectivity index (χ0n) is 33.1. The molecule has 61 heavy (non-hydrogen) atoms. The van der Waals surface area contributed by atoms with Crippen LogP contribution < -0.4 is 4.90 Å². The maximum Gasteiger partial charge on any atom is 0.143 e. The molecule has 0 aliphatic rings. The Morgan fingerprint density at radius 2 is 0.787 bits per heavy atom. The first-order valence-corrected chi connectivity index (χ1v) is 20.7. The normalized spacial score (nSPS) is 11.6. The second kappa shape index (κ2) is 14.3. The zero-order valence-corrected chi connectivity index (χ0v) is 33.1. The molecule has 0 saturated carbocycles. The van der Waals surface area contributed by atoms with E-state index in [2.05, 4.69) is 229 Å². The molecule has 0 spiro atoms. The van der Waals surface area contributed by atoms with Crippen LogP contribution in [0.3, 0.4) is 0 Å². The van der Waals surface area contributed by atoms with E-state index in [9.17, 15) is 0 Å². The molecule has 3 nitrogen and oxygen atoms in total. The Labute approximate surface area is 353 Å². The van der Waals surface area contributed by atoms with Crippen LogP contribution in [0.2, 0.25) is 0 Å². The molecular weight excluding hydrogens is 743 g/mol. The predicted octanol–water partition coefficient (Wildman–Crippen LogP) is 16.8. The van der Waals surface area contributed by atoms with Crippen molar-refractivity contribution < 1.29 is 8.83 Å². The molecule has 0 aliphatic carbocycles. The monoisotopic (exact) mass is 779 g/mol. The SMILES string of the molecule is c1ccc(-c2ccc(-c3ccc4oc5c(-c6cc7c(oc8cccc(N(c9ccccc9)c9ccc(-c%10ccccc%10)cc9)c87)c7ccccc67)cccc5c4c3)cc2)cc1. The minimum absolute atomic E-state index is 0.836. The molecule has 0 aliphatic heterocycles. The van der Waals surface area contributed by atoms with Gasteiger partial charge in [0, 0.05) is 38.5 Å². The number of fused-ring (bicyclic) bond motifs is 8. The largest absolute Gasteiger partial charge is 0.455 e. The minimum Gasteiger partial charge on any atom is -0.455 e. The van der Waals surface area contributed by atoms with E-state index in [0.717, 1.165) is 88.4 Å². The average Bonchev–Trinajstić information content (AvgIpc) is 3.92. The van der Waals surface area contributed by atoms with E-state index in [4.69, 9.17) is 8.83 Å².